The van der Waals surface area contributed by atoms with Crippen molar-refractivity contribution in [1.29, 1.82) is 0 Å². The lowest BCUT2D eigenvalue weighted by Crippen LogP contribution is -1.91. The Labute approximate surface area is 248 Å². The van der Waals surface area contributed by atoms with Crippen molar-refractivity contribution < 1.29 is 4.42 Å². The first-order valence-corrected chi connectivity index (χ1v) is 14.9. The first-order chi connectivity index (χ1) is 21.4. The van der Waals surface area contributed by atoms with Gasteiger partial charge in [-0.1, -0.05) is 133 Å². The zero-order valence-electron chi connectivity index (χ0n) is 23.3. The summed E-state index contributed by atoms with van der Waals surface area (Å²) in [7, 11) is 0. The SMILES string of the molecule is c1ccc(-c2c3ccccc3c(-c3ccc4c5c3oc3cccc(c35)-c3cccc5cccc-4c35)c3ccccc23)cc1. The molecule has 10 rings (SSSR count). The molecule has 0 unspecified atom stereocenters. The molecule has 1 heteroatoms. The minimum Gasteiger partial charge on any atom is -0.455 e. The van der Waals surface area contributed by atoms with Crippen molar-refractivity contribution in [2.24, 2.45) is 0 Å². The van der Waals surface area contributed by atoms with E-state index in [4.69, 9.17) is 4.42 Å². The summed E-state index contributed by atoms with van der Waals surface area (Å²) in [6.07, 6.45) is 0. The molecular formula is C42H24O. The third-order valence-electron chi connectivity index (χ3n) is 9.39. The molecule has 0 atom stereocenters. The fourth-order valence-electron chi connectivity index (χ4n) is 7.69. The summed E-state index contributed by atoms with van der Waals surface area (Å²) in [5.41, 5.74) is 11.7. The summed E-state index contributed by atoms with van der Waals surface area (Å²) < 4.78 is 6.92. The van der Waals surface area contributed by atoms with Gasteiger partial charge in [0.05, 0.1) is 0 Å². The highest BCUT2D eigenvalue weighted by Crippen LogP contribution is 2.52. The lowest BCUT2D eigenvalue weighted by atomic mass is 9.85. The molecule has 0 saturated heterocycles. The molecule has 1 nitrogen and oxygen atoms in total. The Kier molecular flexibility index (Phi) is 4.51. The molecule has 198 valence electrons. The molecule has 1 aliphatic carbocycles. The highest BCUT2D eigenvalue weighted by atomic mass is 16.3. The van der Waals surface area contributed by atoms with Gasteiger partial charge in [-0.2, -0.15) is 0 Å². The van der Waals surface area contributed by atoms with Crippen LogP contribution < -0.4 is 0 Å². The fraction of sp³-hybridized carbons (Fsp3) is 0. The van der Waals surface area contributed by atoms with E-state index >= 15 is 0 Å². The molecular weight excluding hydrogens is 520 g/mol. The van der Waals surface area contributed by atoms with Crippen LogP contribution in [0.2, 0.25) is 0 Å². The van der Waals surface area contributed by atoms with E-state index in [2.05, 4.69) is 146 Å². The highest BCUT2D eigenvalue weighted by Gasteiger charge is 2.26. The molecule has 9 aromatic rings. The van der Waals surface area contributed by atoms with Crippen LogP contribution >= 0.6 is 0 Å². The Hall–Kier alpha value is -5.66. The van der Waals surface area contributed by atoms with E-state index in [1.807, 2.05) is 0 Å². The third-order valence-corrected chi connectivity index (χ3v) is 9.39. The lowest BCUT2D eigenvalue weighted by Gasteiger charge is -2.18. The molecule has 1 heterocycles. The average molecular weight is 545 g/mol. The van der Waals surface area contributed by atoms with Crippen molar-refractivity contribution in [3.63, 3.8) is 0 Å². The zero-order valence-corrected chi connectivity index (χ0v) is 23.3. The van der Waals surface area contributed by atoms with Gasteiger partial charge in [0, 0.05) is 21.9 Å². The van der Waals surface area contributed by atoms with Gasteiger partial charge in [0.25, 0.3) is 0 Å². The maximum Gasteiger partial charge on any atom is 0.143 e. The molecule has 0 spiro atoms. The minimum absolute atomic E-state index is 0.931. The monoisotopic (exact) mass is 544 g/mol. The fourth-order valence-corrected chi connectivity index (χ4v) is 7.69. The Morgan fingerprint density at radius 3 is 1.49 bits per heavy atom. The topological polar surface area (TPSA) is 13.1 Å². The van der Waals surface area contributed by atoms with E-state index in [-0.39, 0.29) is 0 Å². The predicted molar refractivity (Wildman–Crippen MR) is 182 cm³/mol. The van der Waals surface area contributed by atoms with Crippen LogP contribution in [0.3, 0.4) is 0 Å². The van der Waals surface area contributed by atoms with Crippen molar-refractivity contribution in [3.8, 4) is 44.5 Å². The van der Waals surface area contributed by atoms with Crippen LogP contribution in [0.25, 0.3) is 98.8 Å². The molecule has 8 aromatic carbocycles. The normalized spacial score (nSPS) is 12.2. The number of hydrogen-bond acceptors (Lipinski definition) is 1. The average Bonchev–Trinajstić information content (AvgIpc) is 3.41. The van der Waals surface area contributed by atoms with E-state index in [0.29, 0.717) is 0 Å². The molecule has 0 radical (unpaired) electrons. The van der Waals surface area contributed by atoms with E-state index in [1.54, 1.807) is 0 Å². The maximum absolute atomic E-state index is 6.92. The first kappa shape index (κ1) is 23.0. The molecule has 0 amide bonds. The molecule has 1 aliphatic rings. The van der Waals surface area contributed by atoms with Crippen LogP contribution in [0.5, 0.6) is 0 Å². The first-order valence-electron chi connectivity index (χ1n) is 14.9. The van der Waals surface area contributed by atoms with E-state index < -0.39 is 0 Å². The van der Waals surface area contributed by atoms with Crippen molar-refractivity contribution in [2.75, 3.05) is 0 Å². The highest BCUT2D eigenvalue weighted by molar-refractivity contribution is 6.29. The van der Waals surface area contributed by atoms with E-state index in [9.17, 15) is 0 Å². The van der Waals surface area contributed by atoms with Crippen molar-refractivity contribution in [1.82, 2.24) is 0 Å². The van der Waals surface area contributed by atoms with Gasteiger partial charge in [0.15, 0.2) is 0 Å². The second kappa shape index (κ2) is 8.44. The van der Waals surface area contributed by atoms with Crippen LogP contribution in [0, 0.1) is 0 Å². The summed E-state index contributed by atoms with van der Waals surface area (Å²) in [5, 5.41) is 9.94. The second-order valence-electron chi connectivity index (χ2n) is 11.6. The Morgan fingerprint density at radius 2 is 0.837 bits per heavy atom. The van der Waals surface area contributed by atoms with Gasteiger partial charge in [0.1, 0.15) is 11.2 Å². The van der Waals surface area contributed by atoms with Crippen molar-refractivity contribution in [3.05, 3.63) is 146 Å². The lowest BCUT2D eigenvalue weighted by molar-refractivity contribution is 0.670. The van der Waals surface area contributed by atoms with Crippen LogP contribution in [0.1, 0.15) is 0 Å². The number of hydrogen-bond donors (Lipinski definition) is 0. The molecule has 43 heavy (non-hydrogen) atoms. The number of benzene rings is 8. The van der Waals surface area contributed by atoms with E-state index in [1.165, 1.54) is 82.0 Å². The standard InChI is InChI=1S/C42H24O/c1-2-11-25(12-3-1)37-27-15-4-6-17-31(27)39(32-18-7-5-16-28(32)37)35-24-23-34-30-20-9-14-26-13-8-19-29(38(26)30)33-21-10-22-36-40(33)41(34)42(35)43-36/h1-24H. The van der Waals surface area contributed by atoms with Gasteiger partial charge < -0.3 is 4.42 Å². The zero-order chi connectivity index (χ0) is 28.1. The van der Waals surface area contributed by atoms with Crippen molar-refractivity contribution >= 4 is 54.3 Å². The largest absolute Gasteiger partial charge is 0.455 e. The number of fused-ring (bicyclic) bond motifs is 4. The molecule has 0 bridgehead atoms. The molecule has 0 N–H and O–H groups in total. The quantitative estimate of drug-likeness (QED) is 0.197. The number of furan rings is 1. The molecule has 0 saturated carbocycles. The summed E-state index contributed by atoms with van der Waals surface area (Å²) >= 11 is 0. The van der Waals surface area contributed by atoms with Crippen LogP contribution in [-0.4, -0.2) is 0 Å². The minimum atomic E-state index is 0.931. The molecule has 0 aliphatic heterocycles. The Balaban J connectivity index is 1.40. The van der Waals surface area contributed by atoms with Crippen molar-refractivity contribution in [2.45, 2.75) is 0 Å². The van der Waals surface area contributed by atoms with Gasteiger partial charge in [0.2, 0.25) is 0 Å². The third kappa shape index (κ3) is 3.01. The van der Waals surface area contributed by atoms with Crippen LogP contribution in [0.15, 0.2) is 150 Å². The Bertz CT molecular complexity index is 2540. The predicted octanol–water partition coefficient (Wildman–Crippen LogP) is 12.0. The summed E-state index contributed by atoms with van der Waals surface area (Å²) in [6.45, 7) is 0. The maximum atomic E-state index is 6.92. The van der Waals surface area contributed by atoms with E-state index in [0.717, 1.165) is 16.7 Å². The summed E-state index contributed by atoms with van der Waals surface area (Å²) in [4.78, 5) is 0. The van der Waals surface area contributed by atoms with Gasteiger partial charge in [-0.3, -0.25) is 0 Å². The van der Waals surface area contributed by atoms with Crippen LogP contribution in [-0.2, 0) is 0 Å². The van der Waals surface area contributed by atoms with Gasteiger partial charge >= 0.3 is 0 Å². The number of rotatable bonds is 2. The smallest absolute Gasteiger partial charge is 0.143 e. The Morgan fingerprint density at radius 1 is 0.326 bits per heavy atom. The van der Waals surface area contributed by atoms with Crippen LogP contribution in [0.4, 0.5) is 0 Å². The van der Waals surface area contributed by atoms with Gasteiger partial charge in [-0.15, -0.1) is 0 Å². The van der Waals surface area contributed by atoms with Gasteiger partial charge in [-0.05, 0) is 77.8 Å². The van der Waals surface area contributed by atoms with Gasteiger partial charge in [-0.25, -0.2) is 0 Å². The molecule has 1 aromatic heterocycles. The molecule has 0 fully saturated rings. The summed E-state index contributed by atoms with van der Waals surface area (Å²) in [5.74, 6) is 0. The summed E-state index contributed by atoms with van der Waals surface area (Å²) in [6, 6.07) is 52.9. The second-order valence-corrected chi connectivity index (χ2v) is 11.6.